The summed E-state index contributed by atoms with van der Waals surface area (Å²) in [6, 6.07) is 11.5. The Labute approximate surface area is 108 Å². The third-order valence-electron chi connectivity index (χ3n) is 2.64. The van der Waals surface area contributed by atoms with Gasteiger partial charge in [0.1, 0.15) is 0 Å². The van der Waals surface area contributed by atoms with E-state index >= 15 is 0 Å². The molecule has 0 saturated heterocycles. The predicted octanol–water partition coefficient (Wildman–Crippen LogP) is 3.05. The van der Waals surface area contributed by atoms with Crippen molar-refractivity contribution in [3.63, 3.8) is 0 Å². The number of methoxy groups -OCH3 is 1. The van der Waals surface area contributed by atoms with E-state index in [0.29, 0.717) is 0 Å². The van der Waals surface area contributed by atoms with Crippen LogP contribution >= 0.6 is 0 Å². The van der Waals surface area contributed by atoms with Gasteiger partial charge in [0.15, 0.2) is 0 Å². The summed E-state index contributed by atoms with van der Waals surface area (Å²) < 4.78 is 4.78. The van der Waals surface area contributed by atoms with Gasteiger partial charge in [0, 0.05) is 0 Å². The molecule has 0 aromatic heterocycles. The highest BCUT2D eigenvalue weighted by Crippen LogP contribution is 2.27. The summed E-state index contributed by atoms with van der Waals surface area (Å²) in [6.45, 7) is 3.80. The van der Waals surface area contributed by atoms with Gasteiger partial charge < -0.3 is 4.74 Å². The molecule has 0 radical (unpaired) electrons. The number of nitrogens with zero attached hydrogens (tertiary/aromatic N) is 1. The van der Waals surface area contributed by atoms with Crippen LogP contribution in [0.1, 0.15) is 25.3 Å². The van der Waals surface area contributed by atoms with E-state index in [9.17, 15) is 10.1 Å². The fourth-order valence-corrected chi connectivity index (χ4v) is 1.82. The Balaban J connectivity index is 3.14. The van der Waals surface area contributed by atoms with Crippen LogP contribution in [0.2, 0.25) is 0 Å². The highest BCUT2D eigenvalue weighted by molar-refractivity contribution is 5.76. The maximum atomic E-state index is 11.8. The largest absolute Gasteiger partial charge is 0.469 e. The van der Waals surface area contributed by atoms with E-state index in [1.807, 2.05) is 44.2 Å². The van der Waals surface area contributed by atoms with Crippen LogP contribution in [0.25, 0.3) is 0 Å². The Hall–Kier alpha value is -2.08. The lowest BCUT2D eigenvalue weighted by Gasteiger charge is -2.17. The monoisotopic (exact) mass is 243 g/mol. The van der Waals surface area contributed by atoms with Crippen LogP contribution in [0.3, 0.4) is 0 Å². The van der Waals surface area contributed by atoms with Gasteiger partial charge in [-0.05, 0) is 19.4 Å². The molecule has 2 atom stereocenters. The van der Waals surface area contributed by atoms with Crippen LogP contribution in [0.15, 0.2) is 42.0 Å². The first-order valence-electron chi connectivity index (χ1n) is 5.77. The van der Waals surface area contributed by atoms with Gasteiger partial charge >= 0.3 is 5.97 Å². The summed E-state index contributed by atoms with van der Waals surface area (Å²) >= 11 is 0. The maximum absolute atomic E-state index is 11.8. The number of rotatable bonds is 4. The van der Waals surface area contributed by atoms with E-state index < -0.39 is 11.8 Å². The highest BCUT2D eigenvalue weighted by Gasteiger charge is 2.28. The van der Waals surface area contributed by atoms with Gasteiger partial charge in [0.05, 0.1) is 25.0 Å². The van der Waals surface area contributed by atoms with Crippen molar-refractivity contribution in [2.24, 2.45) is 5.92 Å². The van der Waals surface area contributed by atoms with Gasteiger partial charge in [-0.2, -0.15) is 5.26 Å². The van der Waals surface area contributed by atoms with Gasteiger partial charge in [-0.25, -0.2) is 0 Å². The second-order valence-electron chi connectivity index (χ2n) is 4.31. The summed E-state index contributed by atoms with van der Waals surface area (Å²) in [5.41, 5.74) is 1.81. The SMILES string of the molecule is COC(=O)C(C=C(C)C)C(C#N)c1ccccc1. The highest BCUT2D eigenvalue weighted by atomic mass is 16.5. The number of carbonyl (C=O) groups is 1. The Morgan fingerprint density at radius 2 is 1.94 bits per heavy atom. The van der Waals surface area contributed by atoms with Crippen molar-refractivity contribution in [1.82, 2.24) is 0 Å². The Morgan fingerprint density at radius 3 is 2.39 bits per heavy atom. The van der Waals surface area contributed by atoms with Gasteiger partial charge in [-0.3, -0.25) is 4.79 Å². The van der Waals surface area contributed by atoms with Crippen LogP contribution in [-0.4, -0.2) is 13.1 Å². The van der Waals surface area contributed by atoms with E-state index in [0.717, 1.165) is 11.1 Å². The molecule has 1 aromatic rings. The smallest absolute Gasteiger partial charge is 0.314 e. The van der Waals surface area contributed by atoms with Crippen molar-refractivity contribution >= 4 is 5.97 Å². The molecule has 0 bridgehead atoms. The van der Waals surface area contributed by atoms with Gasteiger partial charge in [-0.1, -0.05) is 42.0 Å². The molecular formula is C15H17NO2. The lowest BCUT2D eigenvalue weighted by molar-refractivity contribution is -0.144. The number of carbonyl (C=O) groups excluding carboxylic acids is 1. The van der Waals surface area contributed by atoms with E-state index in [4.69, 9.17) is 4.74 Å². The molecule has 1 aromatic carbocycles. The first-order valence-corrected chi connectivity index (χ1v) is 5.77. The molecular weight excluding hydrogens is 226 g/mol. The van der Waals surface area contributed by atoms with Crippen LogP contribution in [0.4, 0.5) is 0 Å². The van der Waals surface area contributed by atoms with E-state index in [1.54, 1.807) is 6.08 Å². The predicted molar refractivity (Wildman–Crippen MR) is 69.7 cm³/mol. The number of hydrogen-bond donors (Lipinski definition) is 0. The van der Waals surface area contributed by atoms with E-state index in [2.05, 4.69) is 6.07 Å². The van der Waals surface area contributed by atoms with Crippen molar-refractivity contribution in [2.45, 2.75) is 19.8 Å². The molecule has 0 spiro atoms. The normalized spacial score (nSPS) is 13.0. The lowest BCUT2D eigenvalue weighted by atomic mass is 9.86. The zero-order valence-electron chi connectivity index (χ0n) is 10.9. The van der Waals surface area contributed by atoms with Crippen molar-refractivity contribution in [3.8, 4) is 6.07 Å². The molecule has 3 heteroatoms. The van der Waals surface area contributed by atoms with Crippen LogP contribution in [0.5, 0.6) is 0 Å². The van der Waals surface area contributed by atoms with Gasteiger partial charge in [0.2, 0.25) is 0 Å². The second-order valence-corrected chi connectivity index (χ2v) is 4.31. The third kappa shape index (κ3) is 3.46. The summed E-state index contributed by atoms with van der Waals surface area (Å²) in [7, 11) is 1.34. The molecule has 18 heavy (non-hydrogen) atoms. The number of nitriles is 1. The summed E-state index contributed by atoms with van der Waals surface area (Å²) in [5.74, 6) is -1.47. The van der Waals surface area contributed by atoms with E-state index in [-0.39, 0.29) is 5.97 Å². The van der Waals surface area contributed by atoms with Crippen LogP contribution < -0.4 is 0 Å². The summed E-state index contributed by atoms with van der Waals surface area (Å²) in [5, 5.41) is 9.32. The fraction of sp³-hybridized carbons (Fsp3) is 0.333. The maximum Gasteiger partial charge on any atom is 0.314 e. The zero-order chi connectivity index (χ0) is 13.5. The average molecular weight is 243 g/mol. The topological polar surface area (TPSA) is 50.1 Å². The van der Waals surface area contributed by atoms with Crippen molar-refractivity contribution in [3.05, 3.63) is 47.5 Å². The van der Waals surface area contributed by atoms with Gasteiger partial charge in [-0.15, -0.1) is 0 Å². The van der Waals surface area contributed by atoms with Gasteiger partial charge in [0.25, 0.3) is 0 Å². The molecule has 0 amide bonds. The van der Waals surface area contributed by atoms with Crippen LogP contribution in [0, 0.1) is 17.2 Å². The Kier molecular flexibility index (Phi) is 5.13. The Bertz CT molecular complexity index is 467. The first kappa shape index (κ1) is 14.0. The molecule has 0 aliphatic carbocycles. The number of benzene rings is 1. The number of esters is 1. The minimum Gasteiger partial charge on any atom is -0.469 e. The van der Waals surface area contributed by atoms with E-state index in [1.165, 1.54) is 7.11 Å². The summed E-state index contributed by atoms with van der Waals surface area (Å²) in [6.07, 6.45) is 1.78. The quantitative estimate of drug-likeness (QED) is 0.603. The molecule has 0 fully saturated rings. The first-order chi connectivity index (χ1) is 8.60. The number of hydrogen-bond acceptors (Lipinski definition) is 3. The second kappa shape index (κ2) is 6.61. The van der Waals surface area contributed by atoms with Crippen molar-refractivity contribution < 1.29 is 9.53 Å². The third-order valence-corrected chi connectivity index (χ3v) is 2.64. The number of allylic oxidation sites excluding steroid dienone is 1. The van der Waals surface area contributed by atoms with Crippen LogP contribution in [-0.2, 0) is 9.53 Å². The zero-order valence-corrected chi connectivity index (χ0v) is 10.9. The standard InChI is InChI=1S/C15H17NO2/c1-11(2)9-13(15(17)18-3)14(10-16)12-7-5-4-6-8-12/h4-9,13-14H,1-3H3. The lowest BCUT2D eigenvalue weighted by Crippen LogP contribution is -2.21. The minimum absolute atomic E-state index is 0.383. The molecule has 0 aliphatic heterocycles. The number of ether oxygens (including phenoxy) is 1. The minimum atomic E-state index is -0.563. The fourth-order valence-electron chi connectivity index (χ4n) is 1.82. The molecule has 1 rings (SSSR count). The van der Waals surface area contributed by atoms with Crippen molar-refractivity contribution in [1.29, 1.82) is 5.26 Å². The molecule has 0 aliphatic rings. The van der Waals surface area contributed by atoms with Crippen molar-refractivity contribution in [2.75, 3.05) is 7.11 Å². The molecule has 0 saturated carbocycles. The molecule has 3 nitrogen and oxygen atoms in total. The summed E-state index contributed by atoms with van der Waals surface area (Å²) in [4.78, 5) is 11.8. The Morgan fingerprint density at radius 1 is 1.33 bits per heavy atom. The molecule has 0 N–H and O–H groups in total. The molecule has 94 valence electrons. The average Bonchev–Trinajstić information content (AvgIpc) is 2.38. The molecule has 0 heterocycles. The molecule has 2 unspecified atom stereocenters.